The summed E-state index contributed by atoms with van der Waals surface area (Å²) in [6.45, 7) is 3.81. The molecule has 0 atom stereocenters. The summed E-state index contributed by atoms with van der Waals surface area (Å²) in [6, 6.07) is 20.7. The largest absolute Gasteiger partial charge is 0.329 e. The summed E-state index contributed by atoms with van der Waals surface area (Å²) in [5.41, 5.74) is 3.69. The highest BCUT2D eigenvalue weighted by atomic mass is 35.5. The van der Waals surface area contributed by atoms with Crippen LogP contribution in [0.5, 0.6) is 0 Å². The molecule has 0 radical (unpaired) electrons. The first kappa shape index (κ1) is 23.3. The molecule has 5 rings (SSSR count). The van der Waals surface area contributed by atoms with E-state index in [4.69, 9.17) is 16.6 Å². The molecule has 0 N–H and O–H groups in total. The normalized spacial score (nSPS) is 12.0. The Balaban J connectivity index is 1.52. The summed E-state index contributed by atoms with van der Waals surface area (Å²) in [7, 11) is -1.34. The van der Waals surface area contributed by atoms with Gasteiger partial charge in [0.05, 0.1) is 16.2 Å². The Morgan fingerprint density at radius 1 is 1.00 bits per heavy atom. The van der Waals surface area contributed by atoms with Gasteiger partial charge in [-0.1, -0.05) is 49.7 Å². The van der Waals surface area contributed by atoms with E-state index in [1.54, 1.807) is 18.5 Å². The average Bonchev–Trinajstić information content (AvgIpc) is 3.31. The van der Waals surface area contributed by atoms with Crippen molar-refractivity contribution in [3.8, 4) is 11.1 Å². The van der Waals surface area contributed by atoms with Crippen LogP contribution in [0.15, 0.2) is 78.0 Å². The van der Waals surface area contributed by atoms with Gasteiger partial charge < -0.3 is 4.90 Å². The predicted molar refractivity (Wildman–Crippen MR) is 140 cm³/mol. The third-order valence-corrected chi connectivity index (χ3v) is 8.18. The molecule has 0 saturated heterocycles. The van der Waals surface area contributed by atoms with Crippen molar-refractivity contribution in [2.24, 2.45) is 5.92 Å². The van der Waals surface area contributed by atoms with Crippen molar-refractivity contribution in [2.75, 3.05) is 17.7 Å². The fraction of sp³-hybridized carbons (Fsp3) is 0.192. The van der Waals surface area contributed by atoms with Crippen LogP contribution in [0.1, 0.15) is 13.8 Å². The molecular formula is C26H24ClN5O2S. The summed E-state index contributed by atoms with van der Waals surface area (Å²) in [4.78, 5) is 7.08. The van der Waals surface area contributed by atoms with Crippen LogP contribution in [0.3, 0.4) is 0 Å². The van der Waals surface area contributed by atoms with E-state index < -0.39 is 9.84 Å². The number of halogens is 1. The molecule has 0 bridgehead atoms. The smallest absolute Gasteiger partial charge is 0.257 e. The zero-order chi connectivity index (χ0) is 24.7. The number of fused-ring (bicyclic) bond motifs is 3. The molecule has 2 aromatic heterocycles. The minimum Gasteiger partial charge on any atom is -0.329 e. The molecule has 0 unspecified atom stereocenters. The predicted octanol–water partition coefficient (Wildman–Crippen LogP) is 5.80. The topological polar surface area (TPSA) is 80.5 Å². The van der Waals surface area contributed by atoms with E-state index in [2.05, 4.69) is 16.3 Å². The van der Waals surface area contributed by atoms with Crippen LogP contribution in [0.25, 0.3) is 27.8 Å². The number of hydrogen-bond donors (Lipinski definition) is 0. The van der Waals surface area contributed by atoms with Crippen LogP contribution in [-0.4, -0.2) is 40.8 Å². The molecule has 5 aromatic rings. The zero-order valence-corrected chi connectivity index (χ0v) is 21.1. The van der Waals surface area contributed by atoms with E-state index in [-0.39, 0.29) is 11.7 Å². The maximum absolute atomic E-state index is 12.6. The number of rotatable bonds is 6. The van der Waals surface area contributed by atoms with Crippen molar-refractivity contribution in [3.05, 3.63) is 78.1 Å². The molecule has 178 valence electrons. The molecule has 0 fully saturated rings. The first-order valence-corrected chi connectivity index (χ1v) is 13.2. The number of sulfone groups is 1. The number of anilines is 2. The Labute approximate surface area is 208 Å². The highest BCUT2D eigenvalue weighted by molar-refractivity contribution is 7.91. The Morgan fingerprint density at radius 2 is 1.77 bits per heavy atom. The quantitative estimate of drug-likeness (QED) is 0.290. The van der Waals surface area contributed by atoms with E-state index in [1.807, 2.05) is 78.7 Å². The lowest BCUT2D eigenvalue weighted by molar-refractivity contribution is 0.582. The van der Waals surface area contributed by atoms with Gasteiger partial charge in [-0.2, -0.15) is 4.98 Å². The fourth-order valence-electron chi connectivity index (χ4n) is 4.19. The maximum atomic E-state index is 12.6. The molecule has 2 heterocycles. The molecule has 3 aromatic carbocycles. The van der Waals surface area contributed by atoms with Crippen LogP contribution < -0.4 is 4.90 Å². The zero-order valence-electron chi connectivity index (χ0n) is 19.6. The van der Waals surface area contributed by atoms with E-state index in [0.29, 0.717) is 15.7 Å². The van der Waals surface area contributed by atoms with Crippen LogP contribution in [0.4, 0.5) is 11.5 Å². The second-order valence-corrected chi connectivity index (χ2v) is 11.4. The summed E-state index contributed by atoms with van der Waals surface area (Å²) in [5, 5.41) is 9.65. The SMILES string of the molecule is CC(C)CS(=O)(=O)c1ccc(-c2cccc(N(C)c3nc4nncn4c4cc(Cl)ccc34)c2)cc1. The van der Waals surface area contributed by atoms with Crippen LogP contribution in [0.2, 0.25) is 5.02 Å². The molecule has 0 aliphatic carbocycles. The van der Waals surface area contributed by atoms with E-state index in [0.717, 1.165) is 33.5 Å². The highest BCUT2D eigenvalue weighted by Gasteiger charge is 2.17. The second kappa shape index (κ2) is 8.94. The van der Waals surface area contributed by atoms with Gasteiger partial charge in [-0.25, -0.2) is 8.42 Å². The fourth-order valence-corrected chi connectivity index (χ4v) is 5.97. The molecule has 9 heteroatoms. The number of hydrogen-bond acceptors (Lipinski definition) is 6. The minimum atomic E-state index is -3.29. The lowest BCUT2D eigenvalue weighted by Crippen LogP contribution is -2.13. The molecule has 0 aliphatic rings. The lowest BCUT2D eigenvalue weighted by atomic mass is 10.0. The molecule has 35 heavy (non-hydrogen) atoms. The van der Waals surface area contributed by atoms with Gasteiger partial charge in [0.1, 0.15) is 12.1 Å². The van der Waals surface area contributed by atoms with Gasteiger partial charge in [0.25, 0.3) is 5.78 Å². The average molecular weight is 506 g/mol. The first-order valence-electron chi connectivity index (χ1n) is 11.2. The monoisotopic (exact) mass is 505 g/mol. The van der Waals surface area contributed by atoms with Gasteiger partial charge in [-0.05, 0) is 59.5 Å². The van der Waals surface area contributed by atoms with Crippen molar-refractivity contribution in [1.29, 1.82) is 0 Å². The summed E-state index contributed by atoms with van der Waals surface area (Å²) >= 11 is 6.26. The molecule has 0 aliphatic heterocycles. The van der Waals surface area contributed by atoms with E-state index in [9.17, 15) is 8.42 Å². The maximum Gasteiger partial charge on any atom is 0.257 e. The van der Waals surface area contributed by atoms with Gasteiger partial charge in [0.15, 0.2) is 9.84 Å². The third kappa shape index (κ3) is 4.47. The Morgan fingerprint density at radius 3 is 2.51 bits per heavy atom. The molecular weight excluding hydrogens is 482 g/mol. The lowest BCUT2D eigenvalue weighted by Gasteiger charge is -2.21. The number of nitrogens with zero attached hydrogens (tertiary/aromatic N) is 5. The Hall–Kier alpha value is -3.49. The van der Waals surface area contributed by atoms with Crippen molar-refractivity contribution in [2.45, 2.75) is 18.7 Å². The van der Waals surface area contributed by atoms with Gasteiger partial charge >= 0.3 is 0 Å². The Bertz CT molecular complexity index is 1650. The summed E-state index contributed by atoms with van der Waals surface area (Å²) in [6.07, 6.45) is 1.62. The van der Waals surface area contributed by atoms with E-state index >= 15 is 0 Å². The van der Waals surface area contributed by atoms with Gasteiger partial charge in [-0.3, -0.25) is 4.40 Å². The van der Waals surface area contributed by atoms with Gasteiger partial charge in [-0.15, -0.1) is 10.2 Å². The van der Waals surface area contributed by atoms with E-state index in [1.165, 1.54) is 0 Å². The van der Waals surface area contributed by atoms with Crippen molar-refractivity contribution < 1.29 is 8.42 Å². The molecule has 0 spiro atoms. The third-order valence-electron chi connectivity index (χ3n) is 5.85. The highest BCUT2D eigenvalue weighted by Crippen LogP contribution is 2.33. The standard InChI is InChI=1S/C26H24ClN5O2S/c1-17(2)15-35(33,34)22-10-7-18(8-11-22)19-5-4-6-21(13-19)31(3)25-23-12-9-20(27)14-24(23)32-16-28-30-26(32)29-25/h4-14,16-17H,15H2,1-3H3. The number of benzene rings is 3. The minimum absolute atomic E-state index is 0.0737. The summed E-state index contributed by atoms with van der Waals surface area (Å²) < 4.78 is 26.9. The number of aromatic nitrogens is 4. The van der Waals surface area contributed by atoms with Crippen molar-refractivity contribution in [3.63, 3.8) is 0 Å². The molecule has 7 nitrogen and oxygen atoms in total. The second-order valence-electron chi connectivity index (χ2n) is 8.91. The first-order chi connectivity index (χ1) is 16.7. The molecule has 0 amide bonds. The van der Waals surface area contributed by atoms with Crippen LogP contribution >= 0.6 is 11.6 Å². The van der Waals surface area contributed by atoms with Crippen molar-refractivity contribution >= 4 is 49.6 Å². The Kier molecular flexibility index (Phi) is 5.94. The van der Waals surface area contributed by atoms with Crippen molar-refractivity contribution in [1.82, 2.24) is 19.6 Å². The van der Waals surface area contributed by atoms with Crippen LogP contribution in [0, 0.1) is 5.92 Å². The molecule has 0 saturated carbocycles. The van der Waals surface area contributed by atoms with Gasteiger partial charge in [0.2, 0.25) is 0 Å². The van der Waals surface area contributed by atoms with Crippen LogP contribution in [-0.2, 0) is 9.84 Å². The summed E-state index contributed by atoms with van der Waals surface area (Å²) in [5.74, 6) is 1.42. The van der Waals surface area contributed by atoms with Gasteiger partial charge in [0, 0.05) is 23.1 Å².